The summed E-state index contributed by atoms with van der Waals surface area (Å²) in [6.45, 7) is 1.63. The molecule has 0 N–H and O–H groups in total. The second-order valence-corrected chi connectivity index (χ2v) is 5.46. The highest BCUT2D eigenvalue weighted by atomic mass is 35.5. The van der Waals surface area contributed by atoms with Crippen LogP contribution in [0.2, 0.25) is 5.02 Å². The lowest BCUT2D eigenvalue weighted by atomic mass is 10.2. The highest BCUT2D eigenvalue weighted by Crippen LogP contribution is 2.20. The fraction of sp³-hybridized carbons (Fsp3) is 0.125. The summed E-state index contributed by atoms with van der Waals surface area (Å²) in [6.07, 6.45) is 2.95. The number of imide groups is 1. The summed E-state index contributed by atoms with van der Waals surface area (Å²) >= 11 is 5.80. The minimum atomic E-state index is -0.911. The van der Waals surface area contributed by atoms with E-state index in [1.54, 1.807) is 31.2 Å². The first-order valence-corrected chi connectivity index (χ1v) is 7.44. The van der Waals surface area contributed by atoms with E-state index in [-0.39, 0.29) is 0 Å². The summed E-state index contributed by atoms with van der Waals surface area (Å²) in [6, 6.07) is 8.83. The van der Waals surface area contributed by atoms with Crippen LogP contribution in [0.5, 0.6) is 0 Å². The normalized spacial score (nSPS) is 17.4. The molecule has 1 aliphatic heterocycles. The van der Waals surface area contributed by atoms with Gasteiger partial charge in [-0.05, 0) is 43.3 Å². The fourth-order valence-corrected chi connectivity index (χ4v) is 2.21. The summed E-state index contributed by atoms with van der Waals surface area (Å²) in [5.74, 6) is -1.06. The fourth-order valence-electron chi connectivity index (χ4n) is 2.08. The van der Waals surface area contributed by atoms with Crippen LogP contribution in [0.4, 0.5) is 5.69 Å². The molecule has 2 heterocycles. The summed E-state index contributed by atoms with van der Waals surface area (Å²) in [7, 11) is 0. The second kappa shape index (κ2) is 6.67. The maximum atomic E-state index is 12.4. The number of pyridine rings is 1. The van der Waals surface area contributed by atoms with Crippen LogP contribution in [0.25, 0.3) is 0 Å². The standard InChI is InChI=1S/C16H12ClN5O2/c1-10-14(20-19-13-4-2-12(17)3-5-13)16(24)22(21-10)15(23)11-6-8-18-9-7-11/h2-9,14H,1H3. The van der Waals surface area contributed by atoms with E-state index >= 15 is 0 Å². The van der Waals surface area contributed by atoms with Crippen molar-refractivity contribution in [3.8, 4) is 0 Å². The SMILES string of the molecule is CC1=NN(C(=O)c2ccncc2)C(=O)C1N=Nc1ccc(Cl)cc1. The molecule has 1 atom stereocenters. The molecule has 120 valence electrons. The number of rotatable bonds is 3. The van der Waals surface area contributed by atoms with Crippen molar-refractivity contribution in [1.29, 1.82) is 0 Å². The number of nitrogens with zero attached hydrogens (tertiary/aromatic N) is 5. The molecule has 0 spiro atoms. The summed E-state index contributed by atoms with van der Waals surface area (Å²) in [5, 5.41) is 13.4. The first-order valence-electron chi connectivity index (χ1n) is 7.06. The third-order valence-electron chi connectivity index (χ3n) is 3.33. The van der Waals surface area contributed by atoms with E-state index in [1.807, 2.05) is 0 Å². The molecular weight excluding hydrogens is 330 g/mol. The van der Waals surface area contributed by atoms with Crippen molar-refractivity contribution in [3.05, 3.63) is 59.4 Å². The van der Waals surface area contributed by atoms with Crippen LogP contribution in [0.1, 0.15) is 17.3 Å². The molecule has 2 aromatic rings. The molecule has 1 aromatic carbocycles. The minimum Gasteiger partial charge on any atom is -0.269 e. The van der Waals surface area contributed by atoms with Crippen LogP contribution in [0, 0.1) is 0 Å². The van der Waals surface area contributed by atoms with Crippen molar-refractivity contribution in [1.82, 2.24) is 9.99 Å². The molecule has 7 nitrogen and oxygen atoms in total. The van der Waals surface area contributed by atoms with E-state index in [0.29, 0.717) is 22.0 Å². The molecule has 0 saturated carbocycles. The van der Waals surface area contributed by atoms with Gasteiger partial charge in [0.2, 0.25) is 0 Å². The van der Waals surface area contributed by atoms with E-state index in [9.17, 15) is 9.59 Å². The Morgan fingerprint density at radius 1 is 1.17 bits per heavy atom. The van der Waals surface area contributed by atoms with E-state index in [4.69, 9.17) is 11.6 Å². The number of carbonyl (C=O) groups excluding carboxylic acids is 2. The van der Waals surface area contributed by atoms with Crippen LogP contribution in [0.15, 0.2) is 64.1 Å². The number of aromatic nitrogens is 1. The molecule has 0 bridgehead atoms. The van der Waals surface area contributed by atoms with E-state index in [2.05, 4.69) is 20.3 Å². The smallest absolute Gasteiger partial charge is 0.269 e. The van der Waals surface area contributed by atoms with Gasteiger partial charge in [-0.15, -0.1) is 0 Å². The number of halogens is 1. The highest BCUT2D eigenvalue weighted by Gasteiger charge is 2.38. The van der Waals surface area contributed by atoms with Gasteiger partial charge in [0.25, 0.3) is 11.8 Å². The highest BCUT2D eigenvalue weighted by molar-refractivity contribution is 6.30. The Bertz CT molecular complexity index is 833. The number of carbonyl (C=O) groups is 2. The molecule has 1 unspecified atom stereocenters. The first kappa shape index (κ1) is 15.9. The lowest BCUT2D eigenvalue weighted by Crippen LogP contribution is -2.34. The third kappa shape index (κ3) is 3.21. The Kier molecular flexibility index (Phi) is 4.43. The summed E-state index contributed by atoms with van der Waals surface area (Å²) in [5.41, 5.74) is 1.28. The third-order valence-corrected chi connectivity index (χ3v) is 3.58. The average molecular weight is 342 g/mol. The Hall–Kier alpha value is -2.93. The molecule has 0 radical (unpaired) electrons. The number of azo groups is 1. The molecule has 1 aliphatic rings. The van der Waals surface area contributed by atoms with Gasteiger partial charge in [-0.3, -0.25) is 14.6 Å². The average Bonchev–Trinajstić information content (AvgIpc) is 2.89. The van der Waals surface area contributed by atoms with Gasteiger partial charge in [0, 0.05) is 23.0 Å². The van der Waals surface area contributed by atoms with Crippen LogP contribution >= 0.6 is 11.6 Å². The maximum absolute atomic E-state index is 12.4. The first-order chi connectivity index (χ1) is 11.6. The largest absolute Gasteiger partial charge is 0.282 e. The Labute approximate surface area is 142 Å². The topological polar surface area (TPSA) is 87.4 Å². The van der Waals surface area contributed by atoms with Crippen LogP contribution in [-0.4, -0.2) is 33.6 Å². The molecule has 1 aromatic heterocycles. The van der Waals surface area contributed by atoms with Gasteiger partial charge >= 0.3 is 0 Å². The Morgan fingerprint density at radius 3 is 2.50 bits per heavy atom. The summed E-state index contributed by atoms with van der Waals surface area (Å²) < 4.78 is 0. The second-order valence-electron chi connectivity index (χ2n) is 5.03. The molecule has 0 fully saturated rings. The lowest BCUT2D eigenvalue weighted by Gasteiger charge is -2.10. The van der Waals surface area contributed by atoms with Crippen molar-refractivity contribution in [2.45, 2.75) is 13.0 Å². The zero-order chi connectivity index (χ0) is 17.1. The van der Waals surface area contributed by atoms with Gasteiger partial charge < -0.3 is 0 Å². The van der Waals surface area contributed by atoms with Crippen molar-refractivity contribution >= 4 is 34.8 Å². The Balaban J connectivity index is 1.78. The molecule has 8 heteroatoms. The number of benzene rings is 1. The predicted octanol–water partition coefficient (Wildman–Crippen LogP) is 3.25. The molecule has 0 saturated heterocycles. The molecular formula is C16H12ClN5O2. The van der Waals surface area contributed by atoms with Gasteiger partial charge in [0.1, 0.15) is 0 Å². The number of amides is 2. The summed E-state index contributed by atoms with van der Waals surface area (Å²) in [4.78, 5) is 28.6. The quantitative estimate of drug-likeness (QED) is 0.634. The van der Waals surface area contributed by atoms with E-state index in [0.717, 1.165) is 5.01 Å². The van der Waals surface area contributed by atoms with E-state index in [1.165, 1.54) is 24.5 Å². The van der Waals surface area contributed by atoms with Crippen LogP contribution in [-0.2, 0) is 4.79 Å². The predicted molar refractivity (Wildman–Crippen MR) is 88.3 cm³/mol. The van der Waals surface area contributed by atoms with Gasteiger partial charge in [-0.1, -0.05) is 11.6 Å². The van der Waals surface area contributed by atoms with E-state index < -0.39 is 17.9 Å². The van der Waals surface area contributed by atoms with Crippen LogP contribution in [0.3, 0.4) is 0 Å². The number of hydrogen-bond acceptors (Lipinski definition) is 6. The molecule has 3 rings (SSSR count). The number of hydrazone groups is 1. The molecule has 0 aliphatic carbocycles. The minimum absolute atomic E-state index is 0.324. The zero-order valence-corrected chi connectivity index (χ0v) is 13.4. The van der Waals surface area contributed by atoms with Crippen molar-refractivity contribution in [2.24, 2.45) is 15.3 Å². The zero-order valence-electron chi connectivity index (χ0n) is 12.6. The van der Waals surface area contributed by atoms with Gasteiger partial charge in [0.05, 0.1) is 11.4 Å². The maximum Gasteiger partial charge on any atom is 0.282 e. The number of hydrogen-bond donors (Lipinski definition) is 0. The van der Waals surface area contributed by atoms with Gasteiger partial charge in [0.15, 0.2) is 6.04 Å². The Morgan fingerprint density at radius 2 is 1.83 bits per heavy atom. The molecule has 24 heavy (non-hydrogen) atoms. The lowest BCUT2D eigenvalue weighted by molar-refractivity contribution is -0.127. The van der Waals surface area contributed by atoms with Crippen molar-refractivity contribution < 1.29 is 9.59 Å². The van der Waals surface area contributed by atoms with Crippen molar-refractivity contribution in [2.75, 3.05) is 0 Å². The van der Waals surface area contributed by atoms with Gasteiger partial charge in [-0.25, -0.2) is 0 Å². The van der Waals surface area contributed by atoms with Crippen molar-refractivity contribution in [3.63, 3.8) is 0 Å². The van der Waals surface area contributed by atoms with Crippen LogP contribution < -0.4 is 0 Å². The molecule has 2 amide bonds. The monoisotopic (exact) mass is 341 g/mol. The van der Waals surface area contributed by atoms with Gasteiger partial charge in [-0.2, -0.15) is 20.3 Å².